The molecule has 0 amide bonds. The molecule has 0 fully saturated rings. The van der Waals surface area contributed by atoms with Crippen LogP contribution in [0.3, 0.4) is 0 Å². The second kappa shape index (κ2) is 12.2. The third-order valence-electron chi connectivity index (χ3n) is 7.86. The fourth-order valence-corrected chi connectivity index (χ4v) is 7.85. The second-order valence-electron chi connectivity index (χ2n) is 10.4. The van der Waals surface area contributed by atoms with Crippen LogP contribution in [0.5, 0.6) is 11.5 Å². The van der Waals surface area contributed by atoms with Gasteiger partial charge in [-0.2, -0.15) is 0 Å². The summed E-state index contributed by atoms with van der Waals surface area (Å²) in [5.41, 5.74) is 3.96. The van der Waals surface area contributed by atoms with E-state index in [1.165, 1.54) is 0 Å². The number of aryl methyl sites for hydroxylation is 1. The number of fused-ring (bicyclic) bond motifs is 1. The molecule has 39 heavy (non-hydrogen) atoms. The van der Waals surface area contributed by atoms with Crippen molar-refractivity contribution in [1.29, 1.82) is 0 Å². The normalized spacial score (nSPS) is 19.7. The molecular formula is C32H38O6S. The molecule has 4 atom stereocenters. The Morgan fingerprint density at radius 2 is 1.77 bits per heavy atom. The second-order valence-corrected chi connectivity index (χ2v) is 12.5. The topological polar surface area (TPSA) is 89.9 Å². The average molecular weight is 551 g/mol. The molecule has 0 radical (unpaired) electrons. The Hall–Kier alpha value is -3.32. The Balaban J connectivity index is 1.71. The van der Waals surface area contributed by atoms with Crippen LogP contribution in [0.15, 0.2) is 71.6 Å². The Bertz CT molecular complexity index is 1410. The highest BCUT2D eigenvalue weighted by Crippen LogP contribution is 2.38. The lowest BCUT2D eigenvalue weighted by atomic mass is 9.84. The van der Waals surface area contributed by atoms with Gasteiger partial charge in [0.05, 0.1) is 24.9 Å². The van der Waals surface area contributed by atoms with Crippen LogP contribution in [0.1, 0.15) is 68.2 Å². The summed E-state index contributed by atoms with van der Waals surface area (Å²) < 4.78 is 39.2. The fourth-order valence-electron chi connectivity index (χ4n) is 5.68. The Morgan fingerprint density at radius 1 is 1.03 bits per heavy atom. The minimum atomic E-state index is -3.61. The third-order valence-corrected chi connectivity index (χ3v) is 10.3. The van der Waals surface area contributed by atoms with Crippen molar-refractivity contribution in [3.63, 3.8) is 0 Å². The monoisotopic (exact) mass is 550 g/mol. The number of aliphatic carboxylic acids is 1. The Labute approximate surface area is 231 Å². The number of ether oxygens (including phenoxy) is 2. The first-order chi connectivity index (χ1) is 18.7. The van der Waals surface area contributed by atoms with Gasteiger partial charge in [-0.05, 0) is 71.7 Å². The number of sulfone groups is 1. The van der Waals surface area contributed by atoms with Crippen molar-refractivity contribution in [2.45, 2.75) is 75.0 Å². The van der Waals surface area contributed by atoms with Gasteiger partial charge in [-0.3, -0.25) is 4.79 Å². The number of para-hydroxylation sites is 1. The zero-order valence-corrected chi connectivity index (χ0v) is 23.9. The van der Waals surface area contributed by atoms with Gasteiger partial charge in [0.15, 0.2) is 9.84 Å². The third kappa shape index (κ3) is 6.30. The van der Waals surface area contributed by atoms with E-state index in [1.54, 1.807) is 31.4 Å². The molecule has 0 aromatic heterocycles. The molecule has 6 nitrogen and oxygen atoms in total. The van der Waals surface area contributed by atoms with E-state index in [-0.39, 0.29) is 29.3 Å². The average Bonchev–Trinajstić information content (AvgIpc) is 3.05. The number of carbonyl (C=O) groups is 1. The number of methoxy groups -OCH3 is 1. The molecule has 1 N–H and O–H groups in total. The summed E-state index contributed by atoms with van der Waals surface area (Å²) in [4.78, 5) is 12.1. The van der Waals surface area contributed by atoms with E-state index in [9.17, 15) is 18.3 Å². The summed E-state index contributed by atoms with van der Waals surface area (Å²) >= 11 is 0. The minimum absolute atomic E-state index is 0.0586. The van der Waals surface area contributed by atoms with E-state index in [1.807, 2.05) is 44.2 Å². The zero-order valence-electron chi connectivity index (χ0n) is 23.1. The van der Waals surface area contributed by atoms with Crippen LogP contribution in [0.4, 0.5) is 0 Å². The van der Waals surface area contributed by atoms with Crippen LogP contribution in [-0.2, 0) is 27.5 Å². The zero-order chi connectivity index (χ0) is 28.2. The van der Waals surface area contributed by atoms with Crippen molar-refractivity contribution in [3.05, 3.63) is 89.0 Å². The predicted molar refractivity (Wildman–Crippen MR) is 153 cm³/mol. The standard InChI is InChI=1S/C32H38O6S/c1-5-22-14-15-24(28(20-32(33)34)23-10-9-11-27(18-23)37-4)17-25(22)16-21(3)31-19-26(6-2)38-29-12-7-8-13-30(29)39(31,35)36/h7-15,17-18,21,26,28,31H,5-6,16,19-20H2,1-4H3,(H,33,34). The van der Waals surface area contributed by atoms with Crippen LogP contribution >= 0.6 is 0 Å². The van der Waals surface area contributed by atoms with Crippen molar-refractivity contribution in [3.8, 4) is 11.5 Å². The number of carboxylic acids is 1. The van der Waals surface area contributed by atoms with Crippen LogP contribution < -0.4 is 9.47 Å². The maximum Gasteiger partial charge on any atom is 0.304 e. The van der Waals surface area contributed by atoms with E-state index in [2.05, 4.69) is 19.1 Å². The minimum Gasteiger partial charge on any atom is -0.497 e. The SMILES string of the molecule is CCc1ccc(C(CC(=O)O)c2cccc(OC)c2)cc1CC(C)C1CC(CC)Oc2ccccc2S1(=O)=O. The van der Waals surface area contributed by atoms with E-state index in [0.29, 0.717) is 24.3 Å². The summed E-state index contributed by atoms with van der Waals surface area (Å²) in [5.74, 6) is -0.303. The number of carboxylic acid groups (broad SMARTS) is 1. The Morgan fingerprint density at radius 3 is 2.46 bits per heavy atom. The lowest BCUT2D eigenvalue weighted by Gasteiger charge is -2.26. The molecule has 0 aliphatic carbocycles. The van der Waals surface area contributed by atoms with Crippen molar-refractivity contribution in [2.75, 3.05) is 7.11 Å². The molecule has 0 spiro atoms. The number of hydrogen-bond donors (Lipinski definition) is 1. The quantitative estimate of drug-likeness (QED) is 0.312. The van der Waals surface area contributed by atoms with E-state index in [0.717, 1.165) is 35.1 Å². The fraction of sp³-hybridized carbons (Fsp3) is 0.406. The lowest BCUT2D eigenvalue weighted by molar-refractivity contribution is -0.137. The van der Waals surface area contributed by atoms with Crippen LogP contribution in [0.2, 0.25) is 0 Å². The summed E-state index contributed by atoms with van der Waals surface area (Å²) in [6.45, 7) is 6.11. The maximum absolute atomic E-state index is 13.9. The van der Waals surface area contributed by atoms with Gasteiger partial charge in [0.2, 0.25) is 0 Å². The van der Waals surface area contributed by atoms with Gasteiger partial charge >= 0.3 is 5.97 Å². The number of rotatable bonds is 10. The lowest BCUT2D eigenvalue weighted by Crippen LogP contribution is -2.32. The van der Waals surface area contributed by atoms with Crippen molar-refractivity contribution >= 4 is 15.8 Å². The van der Waals surface area contributed by atoms with Crippen LogP contribution in [0, 0.1) is 5.92 Å². The van der Waals surface area contributed by atoms with Crippen LogP contribution in [0.25, 0.3) is 0 Å². The molecule has 0 saturated carbocycles. The van der Waals surface area contributed by atoms with Crippen molar-refractivity contribution in [1.82, 2.24) is 0 Å². The Kier molecular flexibility index (Phi) is 9.01. The maximum atomic E-state index is 13.9. The summed E-state index contributed by atoms with van der Waals surface area (Å²) in [7, 11) is -2.02. The molecule has 4 rings (SSSR count). The van der Waals surface area contributed by atoms with Crippen molar-refractivity contribution in [2.24, 2.45) is 5.92 Å². The van der Waals surface area contributed by atoms with Gasteiger partial charge in [0.25, 0.3) is 0 Å². The first-order valence-corrected chi connectivity index (χ1v) is 15.2. The van der Waals surface area contributed by atoms with Gasteiger partial charge in [-0.15, -0.1) is 0 Å². The van der Waals surface area contributed by atoms with E-state index in [4.69, 9.17) is 9.47 Å². The molecular weight excluding hydrogens is 512 g/mol. The van der Waals surface area contributed by atoms with Gasteiger partial charge < -0.3 is 14.6 Å². The molecule has 3 aromatic carbocycles. The number of hydrogen-bond acceptors (Lipinski definition) is 5. The smallest absolute Gasteiger partial charge is 0.304 e. The number of benzene rings is 3. The highest BCUT2D eigenvalue weighted by atomic mass is 32.2. The molecule has 208 valence electrons. The van der Waals surface area contributed by atoms with Crippen LogP contribution in [-0.4, -0.2) is 38.0 Å². The molecule has 7 heteroatoms. The molecule has 3 aromatic rings. The molecule has 0 bridgehead atoms. The van der Waals surface area contributed by atoms with Gasteiger partial charge in [0, 0.05) is 12.3 Å². The van der Waals surface area contributed by atoms with Gasteiger partial charge in [-0.25, -0.2) is 8.42 Å². The highest BCUT2D eigenvalue weighted by Gasteiger charge is 2.39. The first-order valence-electron chi connectivity index (χ1n) is 13.6. The van der Waals surface area contributed by atoms with E-state index < -0.39 is 21.1 Å². The predicted octanol–water partition coefficient (Wildman–Crippen LogP) is 6.45. The first kappa shape index (κ1) is 28.7. The molecule has 1 aliphatic heterocycles. The summed E-state index contributed by atoms with van der Waals surface area (Å²) in [5, 5.41) is 9.13. The van der Waals surface area contributed by atoms with Gasteiger partial charge in [0.1, 0.15) is 16.4 Å². The van der Waals surface area contributed by atoms with Crippen molar-refractivity contribution < 1.29 is 27.8 Å². The van der Waals surface area contributed by atoms with Gasteiger partial charge in [-0.1, -0.05) is 63.2 Å². The molecule has 4 unspecified atom stereocenters. The summed E-state index contributed by atoms with van der Waals surface area (Å²) in [6, 6.07) is 20.6. The molecule has 1 aliphatic rings. The highest BCUT2D eigenvalue weighted by molar-refractivity contribution is 7.92. The largest absolute Gasteiger partial charge is 0.497 e. The van der Waals surface area contributed by atoms with E-state index >= 15 is 0 Å². The molecule has 1 heterocycles. The summed E-state index contributed by atoms with van der Waals surface area (Å²) in [6.07, 6.45) is 2.28. The molecule has 0 saturated heterocycles.